The Balaban J connectivity index is 1.72. The van der Waals surface area contributed by atoms with Gasteiger partial charge in [0.2, 0.25) is 0 Å². The number of carbonyl (C=O) groups is 1. The Morgan fingerprint density at radius 3 is 2.58 bits per heavy atom. The molecule has 0 saturated heterocycles. The number of H-pyrrole nitrogens is 1. The van der Waals surface area contributed by atoms with E-state index in [-0.39, 0.29) is 5.91 Å². The monoisotopic (exact) mass is 261 g/mol. The molecule has 1 aromatic rings. The van der Waals surface area contributed by atoms with Gasteiger partial charge >= 0.3 is 0 Å². The zero-order chi connectivity index (χ0) is 13.4. The highest BCUT2D eigenvalue weighted by Crippen LogP contribution is 2.39. The lowest BCUT2D eigenvalue weighted by atomic mass is 9.67. The second-order valence-corrected chi connectivity index (χ2v) is 6.23. The van der Waals surface area contributed by atoms with Gasteiger partial charge < -0.3 is 16.0 Å². The second-order valence-electron chi connectivity index (χ2n) is 6.23. The Kier molecular flexibility index (Phi) is 3.35. The van der Waals surface area contributed by atoms with E-state index >= 15 is 0 Å². The molecule has 2 fully saturated rings. The van der Waals surface area contributed by atoms with Crippen LogP contribution in [0.5, 0.6) is 0 Å². The van der Waals surface area contributed by atoms with E-state index in [2.05, 4.69) is 10.3 Å². The van der Waals surface area contributed by atoms with Crippen LogP contribution >= 0.6 is 0 Å². The van der Waals surface area contributed by atoms with Crippen molar-refractivity contribution in [2.75, 3.05) is 0 Å². The van der Waals surface area contributed by atoms with Gasteiger partial charge in [-0.1, -0.05) is 6.42 Å². The number of carbonyl (C=O) groups excluding carboxylic acids is 1. The Labute approximate surface area is 114 Å². The highest BCUT2D eigenvalue weighted by Gasteiger charge is 2.40. The molecule has 19 heavy (non-hydrogen) atoms. The molecule has 2 aliphatic carbocycles. The smallest absolute Gasteiger partial charge is 0.253 e. The third-order valence-corrected chi connectivity index (χ3v) is 4.87. The summed E-state index contributed by atoms with van der Waals surface area (Å²) in [5, 5.41) is 3.27. The number of hydrogen-bond acceptors (Lipinski definition) is 2. The van der Waals surface area contributed by atoms with Crippen LogP contribution in [0.1, 0.15) is 48.0 Å². The van der Waals surface area contributed by atoms with Crippen molar-refractivity contribution in [3.8, 4) is 0 Å². The molecule has 1 aromatic heterocycles. The van der Waals surface area contributed by atoms with Crippen LogP contribution in [0.25, 0.3) is 0 Å². The van der Waals surface area contributed by atoms with Gasteiger partial charge in [-0.2, -0.15) is 0 Å². The normalized spacial score (nSPS) is 34.0. The molecule has 2 atom stereocenters. The van der Waals surface area contributed by atoms with E-state index in [4.69, 9.17) is 5.73 Å². The molecule has 2 bridgehead atoms. The maximum absolute atomic E-state index is 12.3. The third kappa shape index (κ3) is 2.41. The van der Waals surface area contributed by atoms with Crippen LogP contribution in [-0.4, -0.2) is 23.0 Å². The first-order chi connectivity index (χ1) is 9.15. The lowest BCUT2D eigenvalue weighted by Crippen LogP contribution is -2.53. The quantitative estimate of drug-likeness (QED) is 0.761. The summed E-state index contributed by atoms with van der Waals surface area (Å²) in [4.78, 5) is 15.3. The van der Waals surface area contributed by atoms with Crippen LogP contribution in [0.15, 0.2) is 12.4 Å². The minimum Gasteiger partial charge on any atom is -0.367 e. The van der Waals surface area contributed by atoms with Crippen molar-refractivity contribution >= 4 is 5.91 Å². The van der Waals surface area contributed by atoms with Crippen LogP contribution < -0.4 is 11.1 Å². The van der Waals surface area contributed by atoms with Crippen LogP contribution in [0.2, 0.25) is 0 Å². The van der Waals surface area contributed by atoms with Crippen molar-refractivity contribution in [2.45, 2.75) is 51.1 Å². The molecule has 4 N–H and O–H groups in total. The summed E-state index contributed by atoms with van der Waals surface area (Å²) in [5.74, 6) is 1.22. The van der Waals surface area contributed by atoms with E-state index < -0.39 is 0 Å². The average Bonchev–Trinajstić information content (AvgIpc) is 2.76. The van der Waals surface area contributed by atoms with Gasteiger partial charge in [0, 0.05) is 24.5 Å². The molecular formula is C15H23N3O. The summed E-state index contributed by atoms with van der Waals surface area (Å²) in [6, 6.07) is 0.660. The van der Waals surface area contributed by atoms with E-state index in [0.717, 1.165) is 24.0 Å². The summed E-state index contributed by atoms with van der Waals surface area (Å²) in [6.45, 7) is 1.96. The van der Waals surface area contributed by atoms with Crippen LogP contribution in [-0.2, 0) is 0 Å². The van der Waals surface area contributed by atoms with Crippen molar-refractivity contribution in [3.05, 3.63) is 23.5 Å². The van der Waals surface area contributed by atoms with Gasteiger partial charge in [0.1, 0.15) is 0 Å². The molecule has 2 unspecified atom stereocenters. The number of amides is 1. The number of fused-ring (bicyclic) bond motifs is 2. The highest BCUT2D eigenvalue weighted by atomic mass is 16.1. The molecular weight excluding hydrogens is 238 g/mol. The second kappa shape index (κ2) is 5.00. The van der Waals surface area contributed by atoms with Crippen LogP contribution in [0, 0.1) is 18.8 Å². The minimum absolute atomic E-state index is 0.0659. The maximum Gasteiger partial charge on any atom is 0.253 e. The molecule has 1 amide bonds. The lowest BCUT2D eigenvalue weighted by Gasteiger charge is -2.45. The number of hydrogen-bond donors (Lipinski definition) is 3. The van der Waals surface area contributed by atoms with E-state index in [1.807, 2.05) is 13.1 Å². The molecule has 3 rings (SSSR count). The average molecular weight is 261 g/mol. The van der Waals surface area contributed by atoms with Crippen LogP contribution in [0.3, 0.4) is 0 Å². The van der Waals surface area contributed by atoms with Crippen LogP contribution in [0.4, 0.5) is 0 Å². The molecule has 0 aromatic carbocycles. The molecule has 0 spiro atoms. The summed E-state index contributed by atoms with van der Waals surface area (Å²) >= 11 is 0. The first-order valence-electron chi connectivity index (χ1n) is 7.35. The Morgan fingerprint density at radius 2 is 2.00 bits per heavy atom. The summed E-state index contributed by atoms with van der Waals surface area (Å²) in [5.41, 5.74) is 7.90. The van der Waals surface area contributed by atoms with Crippen molar-refractivity contribution in [2.24, 2.45) is 17.6 Å². The Bertz CT molecular complexity index is 454. The Hall–Kier alpha value is -1.29. The van der Waals surface area contributed by atoms with E-state index in [1.165, 1.54) is 19.3 Å². The zero-order valence-electron chi connectivity index (χ0n) is 11.5. The molecule has 1 heterocycles. The number of rotatable bonds is 2. The Morgan fingerprint density at radius 1 is 1.32 bits per heavy atom. The lowest BCUT2D eigenvalue weighted by molar-refractivity contribution is 0.0755. The standard InChI is InChI=1S/C15H23N3O/c1-9-7-17-8-13(9)15(19)18-14-10-3-2-4-11(14)6-12(16)5-10/h7-8,10-12,14,17H,2-6,16H2,1H3,(H,18,19). The maximum atomic E-state index is 12.3. The molecule has 4 nitrogen and oxygen atoms in total. The topological polar surface area (TPSA) is 70.9 Å². The highest BCUT2D eigenvalue weighted by molar-refractivity contribution is 5.95. The van der Waals surface area contributed by atoms with Crippen molar-refractivity contribution in [3.63, 3.8) is 0 Å². The first kappa shape index (κ1) is 12.7. The van der Waals surface area contributed by atoms with Crippen molar-refractivity contribution in [1.29, 1.82) is 0 Å². The zero-order valence-corrected chi connectivity index (χ0v) is 11.5. The molecule has 2 saturated carbocycles. The predicted molar refractivity (Wildman–Crippen MR) is 74.8 cm³/mol. The fraction of sp³-hybridized carbons (Fsp3) is 0.667. The first-order valence-corrected chi connectivity index (χ1v) is 7.35. The van der Waals surface area contributed by atoms with Gasteiger partial charge in [-0.05, 0) is 50.0 Å². The fourth-order valence-corrected chi connectivity index (χ4v) is 3.94. The third-order valence-electron chi connectivity index (χ3n) is 4.87. The predicted octanol–water partition coefficient (Wildman–Crippen LogP) is 1.96. The summed E-state index contributed by atoms with van der Waals surface area (Å²) in [7, 11) is 0. The summed E-state index contributed by atoms with van der Waals surface area (Å²) in [6.07, 6.45) is 9.49. The van der Waals surface area contributed by atoms with Gasteiger partial charge in [0.05, 0.1) is 5.56 Å². The van der Waals surface area contributed by atoms with Gasteiger partial charge in [-0.25, -0.2) is 0 Å². The molecule has 104 valence electrons. The van der Waals surface area contributed by atoms with Crippen molar-refractivity contribution in [1.82, 2.24) is 10.3 Å². The van der Waals surface area contributed by atoms with Gasteiger partial charge in [-0.15, -0.1) is 0 Å². The SMILES string of the molecule is Cc1c[nH]cc1C(=O)NC1C2CCCC1CC(N)C2. The molecule has 0 aliphatic heterocycles. The van der Waals surface area contributed by atoms with Gasteiger partial charge in [0.15, 0.2) is 0 Å². The molecule has 4 heteroatoms. The van der Waals surface area contributed by atoms with E-state index in [9.17, 15) is 4.79 Å². The number of aromatic nitrogens is 1. The number of aryl methyl sites for hydroxylation is 1. The number of nitrogens with one attached hydrogen (secondary N) is 2. The fourth-order valence-electron chi connectivity index (χ4n) is 3.94. The number of nitrogens with two attached hydrogens (primary N) is 1. The summed E-state index contributed by atoms with van der Waals surface area (Å²) < 4.78 is 0. The number of aromatic amines is 1. The molecule has 0 radical (unpaired) electrons. The minimum atomic E-state index is 0.0659. The molecule has 2 aliphatic rings. The van der Waals surface area contributed by atoms with E-state index in [1.54, 1.807) is 6.20 Å². The largest absolute Gasteiger partial charge is 0.367 e. The van der Waals surface area contributed by atoms with E-state index in [0.29, 0.717) is 23.9 Å². The van der Waals surface area contributed by atoms with Gasteiger partial charge in [0.25, 0.3) is 5.91 Å². The van der Waals surface area contributed by atoms with Crippen molar-refractivity contribution < 1.29 is 4.79 Å². The van der Waals surface area contributed by atoms with Gasteiger partial charge in [-0.3, -0.25) is 4.79 Å².